The highest BCUT2D eigenvalue weighted by Crippen LogP contribution is 2.51. The van der Waals surface area contributed by atoms with Crippen LogP contribution in [0.25, 0.3) is 32.1 Å². The molecule has 0 fully saturated rings. The first kappa shape index (κ1) is 26.7. The second-order valence-corrected chi connectivity index (χ2v) is 10.8. The minimum absolute atomic E-state index is 0.0386. The van der Waals surface area contributed by atoms with Crippen LogP contribution in [0.5, 0.6) is 11.8 Å². The SMILES string of the molecule is CCN1c2nc(OC)nc3c(F)c(-c4ccc(F)c5sc(N)c(C#N)c45)c(Cl)c(c23)OCC1Cc1ccnc(N)c1. The predicted molar refractivity (Wildman–Crippen MR) is 156 cm³/mol. The third-order valence-corrected chi connectivity index (χ3v) is 8.50. The van der Waals surface area contributed by atoms with Crippen molar-refractivity contribution in [3.05, 3.63) is 58.2 Å². The number of halogens is 3. The minimum Gasteiger partial charge on any atom is -0.489 e. The summed E-state index contributed by atoms with van der Waals surface area (Å²) in [5.41, 5.74) is 12.9. The van der Waals surface area contributed by atoms with Crippen molar-refractivity contribution in [2.45, 2.75) is 19.4 Å². The smallest absolute Gasteiger partial charge is 0.318 e. The lowest BCUT2D eigenvalue weighted by molar-refractivity contribution is 0.288. The summed E-state index contributed by atoms with van der Waals surface area (Å²) >= 11 is 7.85. The number of hydrogen-bond acceptors (Lipinski definition) is 10. The Labute approximate surface area is 241 Å². The number of pyridine rings is 1. The summed E-state index contributed by atoms with van der Waals surface area (Å²) in [7, 11) is 1.39. The van der Waals surface area contributed by atoms with Gasteiger partial charge >= 0.3 is 6.01 Å². The van der Waals surface area contributed by atoms with Crippen molar-refractivity contribution in [2.24, 2.45) is 0 Å². The number of benzene rings is 2. The second kappa shape index (κ2) is 10.2. The number of fused-ring (bicyclic) bond motifs is 1. The molecule has 0 amide bonds. The van der Waals surface area contributed by atoms with Gasteiger partial charge in [-0.1, -0.05) is 17.7 Å². The first-order chi connectivity index (χ1) is 19.8. The van der Waals surface area contributed by atoms with Crippen LogP contribution in [0.3, 0.4) is 0 Å². The Morgan fingerprint density at radius 1 is 1.24 bits per heavy atom. The van der Waals surface area contributed by atoms with Gasteiger partial charge in [0.25, 0.3) is 0 Å². The van der Waals surface area contributed by atoms with Crippen LogP contribution < -0.4 is 25.8 Å². The molecule has 1 atom stereocenters. The molecule has 41 heavy (non-hydrogen) atoms. The molecule has 1 aliphatic rings. The molecule has 3 aromatic heterocycles. The number of nitriles is 1. The maximum Gasteiger partial charge on any atom is 0.318 e. The van der Waals surface area contributed by atoms with Crippen LogP contribution in [0.15, 0.2) is 30.5 Å². The van der Waals surface area contributed by atoms with Crippen molar-refractivity contribution in [2.75, 3.05) is 36.6 Å². The highest BCUT2D eigenvalue weighted by atomic mass is 35.5. The fourth-order valence-electron chi connectivity index (χ4n) is 5.33. The van der Waals surface area contributed by atoms with Crippen LogP contribution in [0.2, 0.25) is 5.02 Å². The summed E-state index contributed by atoms with van der Waals surface area (Å²) < 4.78 is 43.2. The molecule has 208 valence electrons. The maximum absolute atomic E-state index is 16.6. The third kappa shape index (κ3) is 4.20. The number of nitrogens with zero attached hydrogens (tertiary/aromatic N) is 5. The van der Waals surface area contributed by atoms with Crippen molar-refractivity contribution in [1.29, 1.82) is 5.26 Å². The van der Waals surface area contributed by atoms with Gasteiger partial charge in [-0.15, -0.1) is 11.3 Å². The predicted octanol–water partition coefficient (Wildman–Crippen LogP) is 5.71. The summed E-state index contributed by atoms with van der Waals surface area (Å²) in [5, 5.41) is 10.3. The third-order valence-electron chi connectivity index (χ3n) is 7.11. The van der Waals surface area contributed by atoms with E-state index < -0.39 is 11.6 Å². The van der Waals surface area contributed by atoms with E-state index in [1.807, 2.05) is 24.0 Å². The highest BCUT2D eigenvalue weighted by molar-refractivity contribution is 7.23. The van der Waals surface area contributed by atoms with Crippen molar-refractivity contribution >= 4 is 60.6 Å². The van der Waals surface area contributed by atoms with Gasteiger partial charge in [-0.3, -0.25) is 0 Å². The summed E-state index contributed by atoms with van der Waals surface area (Å²) in [5.74, 6) is -0.427. The van der Waals surface area contributed by atoms with E-state index in [4.69, 9.17) is 32.5 Å². The Morgan fingerprint density at radius 2 is 2.05 bits per heavy atom. The van der Waals surface area contributed by atoms with Crippen molar-refractivity contribution in [3.63, 3.8) is 0 Å². The Balaban J connectivity index is 1.63. The Bertz CT molecular complexity index is 1910. The molecule has 6 rings (SSSR count). The Kier molecular flexibility index (Phi) is 6.63. The van der Waals surface area contributed by atoms with E-state index in [-0.39, 0.29) is 72.1 Å². The monoisotopic (exact) mass is 593 g/mol. The molecular weight excluding hydrogens is 572 g/mol. The number of hydrogen-bond donors (Lipinski definition) is 2. The van der Waals surface area contributed by atoms with Crippen LogP contribution >= 0.6 is 22.9 Å². The van der Waals surface area contributed by atoms with Crippen molar-refractivity contribution in [1.82, 2.24) is 15.0 Å². The quantitative estimate of drug-likeness (QED) is 0.262. The maximum atomic E-state index is 16.6. The van der Waals surface area contributed by atoms with Crippen LogP contribution in [0.1, 0.15) is 18.1 Å². The van der Waals surface area contributed by atoms with E-state index >= 15 is 4.39 Å². The molecule has 2 aromatic carbocycles. The number of methoxy groups -OCH3 is 1. The molecule has 1 unspecified atom stereocenters. The molecule has 4 heterocycles. The number of anilines is 3. The van der Waals surface area contributed by atoms with Crippen molar-refractivity contribution in [3.8, 4) is 29.0 Å². The number of likely N-dealkylation sites (N-methyl/N-ethyl adjacent to an activating group) is 1. The van der Waals surface area contributed by atoms with E-state index in [1.54, 1.807) is 12.3 Å². The first-order valence-corrected chi connectivity index (χ1v) is 13.7. The molecule has 4 N–H and O–H groups in total. The number of nitrogens with two attached hydrogens (primary N) is 2. The van der Waals surface area contributed by atoms with Gasteiger partial charge in [0.05, 0.1) is 33.8 Å². The van der Waals surface area contributed by atoms with Crippen LogP contribution in [-0.4, -0.2) is 41.3 Å². The van der Waals surface area contributed by atoms with Gasteiger partial charge in [0.1, 0.15) is 40.6 Å². The molecule has 0 spiro atoms. The van der Waals surface area contributed by atoms with Gasteiger partial charge in [-0.2, -0.15) is 15.2 Å². The number of ether oxygens (including phenoxy) is 2. The molecule has 0 aliphatic carbocycles. The molecule has 0 saturated carbocycles. The summed E-state index contributed by atoms with van der Waals surface area (Å²) in [6, 6.07) is 7.91. The lowest BCUT2D eigenvalue weighted by Crippen LogP contribution is -2.40. The van der Waals surface area contributed by atoms with E-state index in [1.165, 1.54) is 19.2 Å². The topological polar surface area (TPSA) is 136 Å². The molecule has 0 radical (unpaired) electrons. The largest absolute Gasteiger partial charge is 0.489 e. The molecular formula is C28H22ClF2N7O2S. The van der Waals surface area contributed by atoms with E-state index in [2.05, 4.69) is 15.0 Å². The zero-order chi connectivity index (χ0) is 29.0. The summed E-state index contributed by atoms with van der Waals surface area (Å²) in [6.07, 6.45) is 2.15. The molecule has 13 heteroatoms. The summed E-state index contributed by atoms with van der Waals surface area (Å²) in [4.78, 5) is 15.0. The van der Waals surface area contributed by atoms with Gasteiger partial charge in [0, 0.05) is 23.7 Å². The fourth-order valence-corrected chi connectivity index (χ4v) is 6.61. The fraction of sp³-hybridized carbons (Fsp3) is 0.214. The lowest BCUT2D eigenvalue weighted by atomic mass is 9.96. The zero-order valence-corrected chi connectivity index (χ0v) is 23.4. The molecule has 5 aromatic rings. The van der Waals surface area contributed by atoms with Gasteiger partial charge in [-0.25, -0.2) is 13.8 Å². The molecule has 0 saturated heterocycles. The standard InChI is InChI=1S/C28H22ClF2N7O2S/c1-3-38-13(8-12-6-7-35-17(33)9-12)11-40-24-20-23(36-28(39-2)37-27(20)38)22(31)19(21(24)29)14-4-5-16(30)25-18(14)15(10-32)26(34)41-25/h4-7,9,13H,3,8,11,34H2,1-2H3,(H2,33,35). The minimum atomic E-state index is -0.794. The molecule has 1 aliphatic heterocycles. The van der Waals surface area contributed by atoms with Gasteiger partial charge in [0.2, 0.25) is 0 Å². The van der Waals surface area contributed by atoms with Gasteiger partial charge in [-0.05, 0) is 42.7 Å². The first-order valence-electron chi connectivity index (χ1n) is 12.5. The Morgan fingerprint density at radius 3 is 2.76 bits per heavy atom. The Hall–Kier alpha value is -4.47. The number of nitrogen functional groups attached to an aromatic ring is 2. The summed E-state index contributed by atoms with van der Waals surface area (Å²) in [6.45, 7) is 2.62. The van der Waals surface area contributed by atoms with Gasteiger partial charge < -0.3 is 25.8 Å². The number of thiophene rings is 1. The normalized spacial score (nSPS) is 14.6. The second-order valence-electron chi connectivity index (χ2n) is 9.39. The molecule has 9 nitrogen and oxygen atoms in total. The van der Waals surface area contributed by atoms with Crippen LogP contribution in [0, 0.1) is 23.0 Å². The average Bonchev–Trinajstić information content (AvgIpc) is 3.22. The van der Waals surface area contributed by atoms with E-state index in [0.717, 1.165) is 16.9 Å². The van der Waals surface area contributed by atoms with Crippen molar-refractivity contribution < 1.29 is 18.3 Å². The number of rotatable bonds is 5. The highest BCUT2D eigenvalue weighted by Gasteiger charge is 2.34. The molecule has 0 bridgehead atoms. The van der Waals surface area contributed by atoms with E-state index in [0.29, 0.717) is 24.6 Å². The average molecular weight is 594 g/mol. The van der Waals surface area contributed by atoms with E-state index in [9.17, 15) is 9.65 Å². The van der Waals surface area contributed by atoms with Gasteiger partial charge in [0.15, 0.2) is 11.6 Å². The van der Waals surface area contributed by atoms with Crippen LogP contribution in [-0.2, 0) is 6.42 Å². The van der Waals surface area contributed by atoms with Crippen LogP contribution in [0.4, 0.5) is 25.4 Å². The lowest BCUT2D eigenvalue weighted by Gasteiger charge is -2.30. The number of aromatic nitrogens is 3. The zero-order valence-electron chi connectivity index (χ0n) is 21.8.